The Hall–Kier alpha value is -2.88. The van der Waals surface area contributed by atoms with Gasteiger partial charge in [-0.1, -0.05) is 0 Å². The summed E-state index contributed by atoms with van der Waals surface area (Å²) in [6.07, 6.45) is -2.45. The number of aryl methyl sites for hydroxylation is 1. The van der Waals surface area contributed by atoms with E-state index in [1.54, 1.807) is 25.1 Å². The quantitative estimate of drug-likeness (QED) is 0.655. The SMILES string of the molecule is COc1ccc(-c2cc(C(F)(F)F)nn2-c2cc(S(C)(=O)=O)ccn2)cc1C. The average Bonchev–Trinajstić information content (AvgIpc) is 3.07. The number of nitrogens with zero attached hydrogens (tertiary/aromatic N) is 3. The molecule has 0 radical (unpaired) electrons. The summed E-state index contributed by atoms with van der Waals surface area (Å²) in [7, 11) is -2.07. The van der Waals surface area contributed by atoms with Gasteiger partial charge in [-0.05, 0) is 42.8 Å². The highest BCUT2D eigenvalue weighted by atomic mass is 32.2. The minimum atomic E-state index is -4.67. The molecule has 2 heterocycles. The Morgan fingerprint density at radius 1 is 1.11 bits per heavy atom. The lowest BCUT2D eigenvalue weighted by Crippen LogP contribution is -2.09. The lowest BCUT2D eigenvalue weighted by Gasteiger charge is -2.10. The highest BCUT2D eigenvalue weighted by Crippen LogP contribution is 2.34. The van der Waals surface area contributed by atoms with Gasteiger partial charge in [-0.2, -0.15) is 18.3 Å². The molecule has 0 aliphatic carbocycles. The number of methoxy groups -OCH3 is 1. The first-order valence-corrected chi connectivity index (χ1v) is 9.88. The summed E-state index contributed by atoms with van der Waals surface area (Å²) >= 11 is 0. The molecule has 3 aromatic rings. The standard InChI is InChI=1S/C18H16F3N3O3S/c1-11-8-12(4-5-15(11)27-2)14-10-16(18(19,20)21)23-24(14)17-9-13(6-7-22-17)28(3,25)26/h4-10H,1-3H3. The number of ether oxygens (including phenoxy) is 1. The summed E-state index contributed by atoms with van der Waals surface area (Å²) in [6, 6.07) is 8.24. The monoisotopic (exact) mass is 411 g/mol. The van der Waals surface area contributed by atoms with Crippen LogP contribution in [0.2, 0.25) is 0 Å². The van der Waals surface area contributed by atoms with E-state index in [-0.39, 0.29) is 16.4 Å². The van der Waals surface area contributed by atoms with Crippen LogP contribution in [0.1, 0.15) is 11.3 Å². The van der Waals surface area contributed by atoms with Crippen molar-refractivity contribution in [3.63, 3.8) is 0 Å². The largest absolute Gasteiger partial charge is 0.496 e. The summed E-state index contributed by atoms with van der Waals surface area (Å²) in [4.78, 5) is 3.93. The number of benzene rings is 1. The zero-order chi connectivity index (χ0) is 20.7. The molecule has 0 atom stereocenters. The van der Waals surface area contributed by atoms with Crippen molar-refractivity contribution in [3.05, 3.63) is 53.9 Å². The van der Waals surface area contributed by atoms with E-state index in [1.165, 1.54) is 25.4 Å². The van der Waals surface area contributed by atoms with Crippen LogP contribution in [0.5, 0.6) is 5.75 Å². The van der Waals surface area contributed by atoms with Crippen LogP contribution in [0.15, 0.2) is 47.5 Å². The van der Waals surface area contributed by atoms with Crippen molar-refractivity contribution in [1.29, 1.82) is 0 Å². The lowest BCUT2D eigenvalue weighted by molar-refractivity contribution is -0.141. The van der Waals surface area contributed by atoms with Crippen LogP contribution in [0.25, 0.3) is 17.1 Å². The molecule has 0 aliphatic heterocycles. The fraction of sp³-hybridized carbons (Fsp3) is 0.222. The normalized spacial score (nSPS) is 12.2. The highest BCUT2D eigenvalue weighted by Gasteiger charge is 2.35. The average molecular weight is 411 g/mol. The molecule has 0 saturated heterocycles. The lowest BCUT2D eigenvalue weighted by atomic mass is 10.1. The van der Waals surface area contributed by atoms with E-state index in [9.17, 15) is 21.6 Å². The van der Waals surface area contributed by atoms with Gasteiger partial charge in [0.15, 0.2) is 21.3 Å². The van der Waals surface area contributed by atoms with Gasteiger partial charge in [0.2, 0.25) is 0 Å². The van der Waals surface area contributed by atoms with Gasteiger partial charge in [-0.3, -0.25) is 0 Å². The van der Waals surface area contributed by atoms with Crippen LogP contribution in [-0.4, -0.2) is 36.5 Å². The van der Waals surface area contributed by atoms with E-state index in [0.29, 0.717) is 11.3 Å². The molecule has 1 aromatic carbocycles. The number of alkyl halides is 3. The molecule has 0 aliphatic rings. The maximum absolute atomic E-state index is 13.3. The van der Waals surface area contributed by atoms with Crippen molar-refractivity contribution in [2.24, 2.45) is 0 Å². The van der Waals surface area contributed by atoms with Crippen LogP contribution < -0.4 is 4.74 Å². The van der Waals surface area contributed by atoms with Gasteiger partial charge in [-0.25, -0.2) is 18.1 Å². The minimum Gasteiger partial charge on any atom is -0.496 e. The number of hydrogen-bond acceptors (Lipinski definition) is 5. The Labute approximate surface area is 159 Å². The number of rotatable bonds is 4. The van der Waals surface area contributed by atoms with Crippen molar-refractivity contribution in [1.82, 2.24) is 14.8 Å². The summed E-state index contributed by atoms with van der Waals surface area (Å²) < 4.78 is 69.6. The third-order valence-electron chi connectivity index (χ3n) is 4.05. The number of hydrogen-bond donors (Lipinski definition) is 0. The Bertz CT molecular complexity index is 1140. The second kappa shape index (κ2) is 6.93. The molecule has 0 saturated carbocycles. The fourth-order valence-electron chi connectivity index (χ4n) is 2.68. The van der Waals surface area contributed by atoms with Gasteiger partial charge in [-0.15, -0.1) is 0 Å². The molecule has 148 valence electrons. The number of sulfone groups is 1. The van der Waals surface area contributed by atoms with E-state index in [1.807, 2.05) is 0 Å². The molecule has 0 bridgehead atoms. The van der Waals surface area contributed by atoms with E-state index in [4.69, 9.17) is 4.74 Å². The van der Waals surface area contributed by atoms with Crippen LogP contribution in [0.4, 0.5) is 13.2 Å². The predicted octanol–water partition coefficient (Wildman–Crippen LogP) is 3.67. The summed E-state index contributed by atoms with van der Waals surface area (Å²) in [5, 5.41) is 3.63. The second-order valence-corrected chi connectivity index (χ2v) is 8.15. The van der Waals surface area contributed by atoms with Gasteiger partial charge < -0.3 is 4.74 Å². The van der Waals surface area contributed by atoms with Crippen molar-refractivity contribution >= 4 is 9.84 Å². The molecule has 0 fully saturated rings. The topological polar surface area (TPSA) is 74.1 Å². The summed E-state index contributed by atoms with van der Waals surface area (Å²) in [5.74, 6) is 0.546. The molecule has 0 unspecified atom stereocenters. The Morgan fingerprint density at radius 2 is 1.82 bits per heavy atom. The Kier molecular flexibility index (Phi) is 4.92. The van der Waals surface area contributed by atoms with Gasteiger partial charge in [0.05, 0.1) is 17.7 Å². The Balaban J connectivity index is 2.24. The predicted molar refractivity (Wildman–Crippen MR) is 96.2 cm³/mol. The zero-order valence-corrected chi connectivity index (χ0v) is 16.0. The molecule has 2 aromatic heterocycles. The van der Waals surface area contributed by atoms with Crippen molar-refractivity contribution in [2.45, 2.75) is 18.0 Å². The zero-order valence-electron chi connectivity index (χ0n) is 15.1. The van der Waals surface area contributed by atoms with Gasteiger partial charge >= 0.3 is 6.18 Å². The third-order valence-corrected chi connectivity index (χ3v) is 5.16. The molecular weight excluding hydrogens is 395 g/mol. The fourth-order valence-corrected chi connectivity index (χ4v) is 3.31. The smallest absolute Gasteiger partial charge is 0.435 e. The van der Waals surface area contributed by atoms with Crippen LogP contribution in [0, 0.1) is 6.92 Å². The minimum absolute atomic E-state index is 0.0399. The number of halogens is 3. The molecule has 0 spiro atoms. The molecule has 0 N–H and O–H groups in total. The number of aromatic nitrogens is 3. The molecule has 3 rings (SSSR count). The third kappa shape index (κ3) is 3.86. The van der Waals surface area contributed by atoms with Crippen molar-refractivity contribution in [2.75, 3.05) is 13.4 Å². The van der Waals surface area contributed by atoms with Crippen molar-refractivity contribution in [3.8, 4) is 22.8 Å². The van der Waals surface area contributed by atoms with Gasteiger partial charge in [0, 0.05) is 24.1 Å². The van der Waals surface area contributed by atoms with Crippen LogP contribution in [-0.2, 0) is 16.0 Å². The number of pyridine rings is 1. The molecule has 6 nitrogen and oxygen atoms in total. The van der Waals surface area contributed by atoms with E-state index in [2.05, 4.69) is 10.1 Å². The molecule has 10 heteroatoms. The second-order valence-electron chi connectivity index (χ2n) is 6.13. The van der Waals surface area contributed by atoms with Crippen molar-refractivity contribution < 1.29 is 26.3 Å². The summed E-state index contributed by atoms with van der Waals surface area (Å²) in [5.41, 5.74) is 0.186. The maximum Gasteiger partial charge on any atom is 0.435 e. The maximum atomic E-state index is 13.3. The van der Waals surface area contributed by atoms with Gasteiger partial charge in [0.1, 0.15) is 5.75 Å². The first-order chi connectivity index (χ1) is 13.0. The molecule has 0 amide bonds. The first kappa shape index (κ1) is 19.9. The molecular formula is C18H16F3N3O3S. The highest BCUT2D eigenvalue weighted by molar-refractivity contribution is 7.90. The van der Waals surface area contributed by atoms with E-state index < -0.39 is 21.7 Å². The van der Waals surface area contributed by atoms with Gasteiger partial charge in [0.25, 0.3) is 0 Å². The van der Waals surface area contributed by atoms with Crippen LogP contribution in [0.3, 0.4) is 0 Å². The van der Waals surface area contributed by atoms with E-state index >= 15 is 0 Å². The van der Waals surface area contributed by atoms with E-state index in [0.717, 1.165) is 22.6 Å². The Morgan fingerprint density at radius 3 is 2.39 bits per heavy atom. The summed E-state index contributed by atoms with van der Waals surface area (Å²) in [6.45, 7) is 1.76. The molecule has 28 heavy (non-hydrogen) atoms. The first-order valence-electron chi connectivity index (χ1n) is 7.99. The van der Waals surface area contributed by atoms with Crippen LogP contribution >= 0.6 is 0 Å².